The zero-order valence-corrected chi connectivity index (χ0v) is 14.1. The SMILES string of the molecule is NC(Cc1cc(Cl)cc2c1OCC2)c1ccc(F)cc1I. The molecule has 0 bridgehead atoms. The van der Waals surface area contributed by atoms with E-state index in [2.05, 4.69) is 22.6 Å². The molecule has 1 aliphatic rings. The minimum absolute atomic E-state index is 0.218. The van der Waals surface area contributed by atoms with Crippen LogP contribution < -0.4 is 10.5 Å². The molecule has 1 unspecified atom stereocenters. The fraction of sp³-hybridized carbons (Fsp3) is 0.250. The monoisotopic (exact) mass is 417 g/mol. The fourth-order valence-electron chi connectivity index (χ4n) is 2.65. The van der Waals surface area contributed by atoms with E-state index in [1.165, 1.54) is 12.1 Å². The Hall–Kier alpha value is -0.850. The molecule has 0 radical (unpaired) electrons. The average Bonchev–Trinajstić information content (AvgIpc) is 2.86. The third-order valence-electron chi connectivity index (χ3n) is 3.63. The van der Waals surface area contributed by atoms with Crippen molar-refractivity contribution in [1.29, 1.82) is 0 Å². The van der Waals surface area contributed by atoms with E-state index in [-0.39, 0.29) is 11.9 Å². The molecule has 0 saturated heterocycles. The van der Waals surface area contributed by atoms with Crippen LogP contribution in [0, 0.1) is 9.39 Å². The van der Waals surface area contributed by atoms with E-state index in [0.29, 0.717) is 18.1 Å². The van der Waals surface area contributed by atoms with Gasteiger partial charge >= 0.3 is 0 Å². The van der Waals surface area contributed by atoms with Crippen molar-refractivity contribution in [1.82, 2.24) is 0 Å². The standard InChI is InChI=1S/C16H14ClFINO/c17-11-5-9-3-4-21-16(9)10(6-11)7-15(20)13-2-1-12(18)8-14(13)19/h1-2,5-6,8,15H,3-4,7,20H2. The Bertz CT molecular complexity index is 692. The number of fused-ring (bicyclic) bond motifs is 1. The molecule has 3 rings (SSSR count). The predicted octanol–water partition coefficient (Wildman–Crippen LogP) is 4.26. The number of rotatable bonds is 3. The van der Waals surface area contributed by atoms with Gasteiger partial charge in [0, 0.05) is 21.1 Å². The van der Waals surface area contributed by atoms with Crippen molar-refractivity contribution in [3.63, 3.8) is 0 Å². The van der Waals surface area contributed by atoms with E-state index in [1.807, 2.05) is 12.1 Å². The molecule has 1 atom stereocenters. The Morgan fingerprint density at radius 2 is 2.14 bits per heavy atom. The summed E-state index contributed by atoms with van der Waals surface area (Å²) >= 11 is 8.27. The number of hydrogen-bond acceptors (Lipinski definition) is 2. The van der Waals surface area contributed by atoms with Crippen LogP contribution in [0.1, 0.15) is 22.7 Å². The van der Waals surface area contributed by atoms with Gasteiger partial charge in [-0.25, -0.2) is 4.39 Å². The van der Waals surface area contributed by atoms with Crippen LogP contribution in [0.15, 0.2) is 30.3 Å². The van der Waals surface area contributed by atoms with Gasteiger partial charge in [-0.1, -0.05) is 17.7 Å². The Labute approximate surface area is 141 Å². The van der Waals surface area contributed by atoms with Gasteiger partial charge in [0.15, 0.2) is 0 Å². The Kier molecular flexibility index (Phi) is 4.38. The fourth-order valence-corrected chi connectivity index (χ4v) is 3.79. The number of halogens is 3. The van der Waals surface area contributed by atoms with E-state index >= 15 is 0 Å². The van der Waals surface area contributed by atoms with Crippen LogP contribution in [0.5, 0.6) is 5.75 Å². The summed E-state index contributed by atoms with van der Waals surface area (Å²) < 4.78 is 19.7. The highest BCUT2D eigenvalue weighted by Crippen LogP contribution is 2.35. The van der Waals surface area contributed by atoms with Crippen molar-refractivity contribution in [3.05, 3.63) is 61.4 Å². The van der Waals surface area contributed by atoms with Crippen LogP contribution in [0.2, 0.25) is 5.02 Å². The smallest absolute Gasteiger partial charge is 0.125 e. The first-order valence-electron chi connectivity index (χ1n) is 6.69. The van der Waals surface area contributed by atoms with Crippen molar-refractivity contribution in [3.8, 4) is 5.75 Å². The van der Waals surface area contributed by atoms with E-state index in [4.69, 9.17) is 22.1 Å². The second-order valence-electron chi connectivity index (χ2n) is 5.13. The van der Waals surface area contributed by atoms with Crippen molar-refractivity contribution in [2.24, 2.45) is 5.73 Å². The maximum atomic E-state index is 13.2. The molecule has 2 aromatic carbocycles. The lowest BCUT2D eigenvalue weighted by Gasteiger charge is -2.16. The summed E-state index contributed by atoms with van der Waals surface area (Å²) in [4.78, 5) is 0. The lowest BCUT2D eigenvalue weighted by atomic mass is 9.97. The van der Waals surface area contributed by atoms with E-state index < -0.39 is 0 Å². The van der Waals surface area contributed by atoms with Crippen molar-refractivity contribution >= 4 is 34.2 Å². The maximum Gasteiger partial charge on any atom is 0.125 e. The molecule has 2 nitrogen and oxygen atoms in total. The molecule has 110 valence electrons. The molecule has 0 aliphatic carbocycles. The van der Waals surface area contributed by atoms with Crippen molar-refractivity contribution < 1.29 is 9.13 Å². The summed E-state index contributed by atoms with van der Waals surface area (Å²) in [6.45, 7) is 0.687. The van der Waals surface area contributed by atoms with Gasteiger partial charge in [0.2, 0.25) is 0 Å². The van der Waals surface area contributed by atoms with Gasteiger partial charge in [-0.05, 0) is 70.0 Å². The molecular formula is C16H14ClFINO. The molecule has 1 heterocycles. The highest BCUT2D eigenvalue weighted by Gasteiger charge is 2.20. The first-order chi connectivity index (χ1) is 10.0. The van der Waals surface area contributed by atoms with Crippen LogP contribution in [0.3, 0.4) is 0 Å². The Morgan fingerprint density at radius 1 is 1.33 bits per heavy atom. The minimum Gasteiger partial charge on any atom is -0.493 e. The van der Waals surface area contributed by atoms with Crippen LogP contribution in [0.4, 0.5) is 4.39 Å². The highest BCUT2D eigenvalue weighted by molar-refractivity contribution is 14.1. The lowest BCUT2D eigenvalue weighted by Crippen LogP contribution is -2.15. The van der Waals surface area contributed by atoms with Crippen LogP contribution in [0.25, 0.3) is 0 Å². The summed E-state index contributed by atoms with van der Waals surface area (Å²) in [6.07, 6.45) is 1.50. The van der Waals surface area contributed by atoms with Gasteiger partial charge in [0.05, 0.1) is 6.61 Å². The lowest BCUT2D eigenvalue weighted by molar-refractivity contribution is 0.352. The first kappa shape index (κ1) is 15.1. The third-order valence-corrected chi connectivity index (χ3v) is 4.78. The Morgan fingerprint density at radius 3 is 2.90 bits per heavy atom. The summed E-state index contributed by atoms with van der Waals surface area (Å²) in [5.74, 6) is 0.661. The molecule has 0 fully saturated rings. The summed E-state index contributed by atoms with van der Waals surface area (Å²) in [6, 6.07) is 8.31. The van der Waals surface area contributed by atoms with Gasteiger partial charge in [-0.15, -0.1) is 0 Å². The van der Waals surface area contributed by atoms with Gasteiger partial charge in [-0.3, -0.25) is 0 Å². The molecule has 1 aliphatic heterocycles. The van der Waals surface area contributed by atoms with Crippen LogP contribution in [-0.4, -0.2) is 6.61 Å². The van der Waals surface area contributed by atoms with E-state index in [9.17, 15) is 4.39 Å². The first-order valence-corrected chi connectivity index (χ1v) is 8.15. The van der Waals surface area contributed by atoms with Gasteiger partial charge in [0.25, 0.3) is 0 Å². The molecule has 0 amide bonds. The number of benzene rings is 2. The Balaban J connectivity index is 1.90. The zero-order valence-electron chi connectivity index (χ0n) is 11.2. The average molecular weight is 418 g/mol. The topological polar surface area (TPSA) is 35.2 Å². The highest BCUT2D eigenvalue weighted by atomic mass is 127. The van der Waals surface area contributed by atoms with E-state index in [1.54, 1.807) is 6.07 Å². The number of nitrogens with two attached hydrogens (primary N) is 1. The molecule has 0 aromatic heterocycles. The molecule has 0 spiro atoms. The van der Waals surface area contributed by atoms with Crippen molar-refractivity contribution in [2.45, 2.75) is 18.9 Å². The normalized spacial score (nSPS) is 14.7. The number of ether oxygens (including phenoxy) is 1. The quantitative estimate of drug-likeness (QED) is 0.758. The van der Waals surface area contributed by atoms with Crippen LogP contribution >= 0.6 is 34.2 Å². The third kappa shape index (κ3) is 3.17. The van der Waals surface area contributed by atoms with Gasteiger partial charge in [-0.2, -0.15) is 0 Å². The predicted molar refractivity (Wildman–Crippen MR) is 90.4 cm³/mol. The zero-order chi connectivity index (χ0) is 15.0. The molecule has 0 saturated carbocycles. The van der Waals surface area contributed by atoms with E-state index in [0.717, 1.165) is 32.4 Å². The molecule has 2 aromatic rings. The molecule has 21 heavy (non-hydrogen) atoms. The van der Waals surface area contributed by atoms with Gasteiger partial charge in [0.1, 0.15) is 11.6 Å². The number of hydrogen-bond donors (Lipinski definition) is 1. The van der Waals surface area contributed by atoms with Crippen LogP contribution in [-0.2, 0) is 12.8 Å². The summed E-state index contributed by atoms with van der Waals surface area (Å²) in [5, 5.41) is 0.704. The summed E-state index contributed by atoms with van der Waals surface area (Å²) in [5.41, 5.74) is 9.38. The maximum absolute atomic E-state index is 13.2. The minimum atomic E-state index is -0.248. The largest absolute Gasteiger partial charge is 0.493 e. The van der Waals surface area contributed by atoms with Gasteiger partial charge < -0.3 is 10.5 Å². The van der Waals surface area contributed by atoms with Crippen molar-refractivity contribution in [2.75, 3.05) is 6.61 Å². The second-order valence-corrected chi connectivity index (χ2v) is 6.73. The second kappa shape index (κ2) is 6.10. The summed E-state index contributed by atoms with van der Waals surface area (Å²) in [7, 11) is 0. The molecule has 5 heteroatoms. The molecular weight excluding hydrogens is 404 g/mol. The molecule has 2 N–H and O–H groups in total.